The molecule has 1 atom stereocenters. The minimum Gasteiger partial charge on any atom is -0.344 e. The number of hydrogen-bond donors (Lipinski definition) is 1. The summed E-state index contributed by atoms with van der Waals surface area (Å²) in [6.07, 6.45) is 1.50. The number of carbonyl (C=O) groups is 1. The number of likely N-dealkylation sites (tertiary alicyclic amines) is 1. The minimum atomic E-state index is 0.221. The fourth-order valence-corrected chi connectivity index (χ4v) is 2.73. The van der Waals surface area contributed by atoms with Gasteiger partial charge in [-0.1, -0.05) is 23.2 Å². The Labute approximate surface area is 117 Å². The Morgan fingerprint density at radius 3 is 2.61 bits per heavy atom. The molecule has 1 aromatic carbocycles. The molecule has 1 N–H and O–H groups in total. The van der Waals surface area contributed by atoms with E-state index in [9.17, 15) is 4.79 Å². The monoisotopic (exact) mass is 286 g/mol. The van der Waals surface area contributed by atoms with Gasteiger partial charge in [-0.2, -0.15) is 0 Å². The van der Waals surface area contributed by atoms with Crippen molar-refractivity contribution in [1.29, 1.82) is 0 Å². The van der Waals surface area contributed by atoms with Crippen LogP contribution < -0.4 is 5.32 Å². The number of carbonyl (C=O) groups excluding carboxylic acids is 1. The van der Waals surface area contributed by atoms with Gasteiger partial charge in [0, 0.05) is 42.6 Å². The van der Waals surface area contributed by atoms with E-state index in [2.05, 4.69) is 5.32 Å². The van der Waals surface area contributed by atoms with Crippen LogP contribution in [0.2, 0.25) is 10.0 Å². The molecule has 1 saturated heterocycles. The quantitative estimate of drug-likeness (QED) is 0.927. The summed E-state index contributed by atoms with van der Waals surface area (Å²) in [7, 11) is 1.84. The van der Waals surface area contributed by atoms with E-state index < -0.39 is 0 Å². The van der Waals surface area contributed by atoms with Crippen LogP contribution in [-0.2, 0) is 11.3 Å². The van der Waals surface area contributed by atoms with Crippen molar-refractivity contribution < 1.29 is 4.79 Å². The number of benzene rings is 1. The molecule has 1 aliphatic heterocycles. The molecule has 0 saturated carbocycles. The second kappa shape index (κ2) is 5.91. The van der Waals surface area contributed by atoms with Crippen molar-refractivity contribution in [2.24, 2.45) is 0 Å². The van der Waals surface area contributed by atoms with Crippen molar-refractivity contribution in [2.45, 2.75) is 25.4 Å². The molecule has 1 heterocycles. The van der Waals surface area contributed by atoms with Gasteiger partial charge in [-0.05, 0) is 30.2 Å². The summed E-state index contributed by atoms with van der Waals surface area (Å²) in [6, 6.07) is 5.86. The van der Waals surface area contributed by atoms with Gasteiger partial charge in [-0.25, -0.2) is 0 Å². The molecule has 98 valence electrons. The highest BCUT2D eigenvalue weighted by Gasteiger charge is 2.22. The molecule has 1 aliphatic rings. The number of piperidine rings is 1. The van der Waals surface area contributed by atoms with E-state index >= 15 is 0 Å². The van der Waals surface area contributed by atoms with Crippen LogP contribution >= 0.6 is 23.2 Å². The second-order valence-electron chi connectivity index (χ2n) is 4.67. The van der Waals surface area contributed by atoms with Crippen LogP contribution in [0.25, 0.3) is 0 Å². The highest BCUT2D eigenvalue weighted by atomic mass is 35.5. The number of nitrogens with zero attached hydrogens (tertiary/aromatic N) is 1. The molecular weight excluding hydrogens is 271 g/mol. The van der Waals surface area contributed by atoms with Crippen LogP contribution in [0, 0.1) is 0 Å². The first-order valence-electron chi connectivity index (χ1n) is 5.97. The van der Waals surface area contributed by atoms with Gasteiger partial charge < -0.3 is 10.2 Å². The Balaban J connectivity index is 1.89. The maximum atomic E-state index is 11.4. The number of rotatable bonds is 3. The summed E-state index contributed by atoms with van der Waals surface area (Å²) in [4.78, 5) is 13.1. The Morgan fingerprint density at radius 1 is 1.33 bits per heavy atom. The number of nitrogens with one attached hydrogen (secondary N) is 1. The van der Waals surface area contributed by atoms with Crippen molar-refractivity contribution in [3.63, 3.8) is 0 Å². The first kappa shape index (κ1) is 13.7. The topological polar surface area (TPSA) is 32.3 Å². The first-order chi connectivity index (χ1) is 8.54. The third-order valence-electron chi connectivity index (χ3n) is 3.14. The largest absolute Gasteiger partial charge is 0.344 e. The van der Waals surface area contributed by atoms with Crippen molar-refractivity contribution >= 4 is 29.1 Å². The zero-order valence-electron chi connectivity index (χ0n) is 10.2. The Bertz CT molecular complexity index is 430. The number of halogens is 2. The molecule has 1 unspecified atom stereocenters. The van der Waals surface area contributed by atoms with E-state index in [0.717, 1.165) is 18.5 Å². The molecular formula is C13H16Cl2N2O. The predicted octanol–water partition coefficient (Wildman–Crippen LogP) is 2.70. The SMILES string of the molecule is CN1CC(NCc2cc(Cl)cc(Cl)c2)CCC1=O. The zero-order chi connectivity index (χ0) is 13.1. The Hall–Kier alpha value is -0.770. The summed E-state index contributed by atoms with van der Waals surface area (Å²) in [5.74, 6) is 0.221. The van der Waals surface area contributed by atoms with E-state index in [-0.39, 0.29) is 5.91 Å². The fraction of sp³-hybridized carbons (Fsp3) is 0.462. The van der Waals surface area contributed by atoms with Crippen LogP contribution in [-0.4, -0.2) is 30.4 Å². The van der Waals surface area contributed by atoms with Crippen molar-refractivity contribution in [3.05, 3.63) is 33.8 Å². The highest BCUT2D eigenvalue weighted by Crippen LogP contribution is 2.19. The van der Waals surface area contributed by atoms with E-state index in [0.29, 0.717) is 29.1 Å². The summed E-state index contributed by atoms with van der Waals surface area (Å²) in [6.45, 7) is 1.47. The van der Waals surface area contributed by atoms with Gasteiger partial charge in [0.1, 0.15) is 0 Å². The Morgan fingerprint density at radius 2 is 2.00 bits per heavy atom. The van der Waals surface area contributed by atoms with E-state index in [1.54, 1.807) is 11.0 Å². The second-order valence-corrected chi connectivity index (χ2v) is 5.54. The molecule has 0 aromatic heterocycles. The summed E-state index contributed by atoms with van der Waals surface area (Å²) < 4.78 is 0. The first-order valence-corrected chi connectivity index (χ1v) is 6.72. The van der Waals surface area contributed by atoms with Crippen LogP contribution in [0.4, 0.5) is 0 Å². The number of likely N-dealkylation sites (N-methyl/N-ethyl adjacent to an activating group) is 1. The fourth-order valence-electron chi connectivity index (χ4n) is 2.15. The van der Waals surface area contributed by atoms with Crippen molar-refractivity contribution in [2.75, 3.05) is 13.6 Å². The lowest BCUT2D eigenvalue weighted by Crippen LogP contribution is -2.46. The molecule has 3 nitrogen and oxygen atoms in total. The van der Waals surface area contributed by atoms with Gasteiger partial charge in [0.25, 0.3) is 0 Å². The highest BCUT2D eigenvalue weighted by molar-refractivity contribution is 6.34. The van der Waals surface area contributed by atoms with Gasteiger partial charge in [0.05, 0.1) is 0 Å². The molecule has 2 rings (SSSR count). The van der Waals surface area contributed by atoms with Crippen LogP contribution in [0.5, 0.6) is 0 Å². The average Bonchev–Trinajstić information content (AvgIpc) is 2.29. The molecule has 5 heteroatoms. The third kappa shape index (κ3) is 3.61. The lowest BCUT2D eigenvalue weighted by molar-refractivity contribution is -0.132. The lowest BCUT2D eigenvalue weighted by atomic mass is 10.1. The van der Waals surface area contributed by atoms with E-state index in [4.69, 9.17) is 23.2 Å². The minimum absolute atomic E-state index is 0.221. The third-order valence-corrected chi connectivity index (χ3v) is 3.58. The zero-order valence-corrected chi connectivity index (χ0v) is 11.8. The average molecular weight is 287 g/mol. The molecule has 0 aliphatic carbocycles. The van der Waals surface area contributed by atoms with Gasteiger partial charge in [-0.15, -0.1) is 0 Å². The molecule has 1 aromatic rings. The summed E-state index contributed by atoms with van der Waals surface area (Å²) >= 11 is 11.9. The van der Waals surface area contributed by atoms with Gasteiger partial charge in [-0.3, -0.25) is 4.79 Å². The smallest absolute Gasteiger partial charge is 0.222 e. The van der Waals surface area contributed by atoms with Crippen LogP contribution in [0.3, 0.4) is 0 Å². The van der Waals surface area contributed by atoms with E-state index in [1.165, 1.54) is 0 Å². The molecule has 0 spiro atoms. The van der Waals surface area contributed by atoms with Crippen LogP contribution in [0.15, 0.2) is 18.2 Å². The summed E-state index contributed by atoms with van der Waals surface area (Å²) in [5, 5.41) is 4.73. The summed E-state index contributed by atoms with van der Waals surface area (Å²) in [5.41, 5.74) is 1.06. The Kier molecular flexibility index (Phi) is 4.49. The van der Waals surface area contributed by atoms with Gasteiger partial charge in [0.15, 0.2) is 0 Å². The van der Waals surface area contributed by atoms with Gasteiger partial charge in [0.2, 0.25) is 5.91 Å². The van der Waals surface area contributed by atoms with Crippen molar-refractivity contribution in [1.82, 2.24) is 10.2 Å². The van der Waals surface area contributed by atoms with Gasteiger partial charge >= 0.3 is 0 Å². The lowest BCUT2D eigenvalue weighted by Gasteiger charge is -2.30. The molecule has 0 radical (unpaired) electrons. The van der Waals surface area contributed by atoms with Crippen LogP contribution in [0.1, 0.15) is 18.4 Å². The molecule has 1 amide bonds. The normalized spacial score (nSPS) is 20.3. The number of hydrogen-bond acceptors (Lipinski definition) is 2. The number of amides is 1. The molecule has 18 heavy (non-hydrogen) atoms. The maximum absolute atomic E-state index is 11.4. The van der Waals surface area contributed by atoms with Crippen molar-refractivity contribution in [3.8, 4) is 0 Å². The molecule has 1 fully saturated rings. The predicted molar refractivity (Wildman–Crippen MR) is 74.0 cm³/mol. The van der Waals surface area contributed by atoms with E-state index in [1.807, 2.05) is 19.2 Å². The molecule has 0 bridgehead atoms. The maximum Gasteiger partial charge on any atom is 0.222 e. The standard InChI is InChI=1S/C13H16Cl2N2O/c1-17-8-12(2-3-13(17)18)16-7-9-4-10(14)6-11(15)5-9/h4-6,12,16H,2-3,7-8H2,1H3.